The highest BCUT2D eigenvalue weighted by Crippen LogP contribution is 2.23. The van der Waals surface area contributed by atoms with Gasteiger partial charge in [-0.2, -0.15) is 5.10 Å². The molecule has 0 saturated heterocycles. The molecule has 0 saturated carbocycles. The fourth-order valence-electron chi connectivity index (χ4n) is 2.08. The normalized spacial score (nSPS) is 10.8. The minimum atomic E-state index is -0.406. The number of benzene rings is 2. The Morgan fingerprint density at radius 1 is 1.26 bits per heavy atom. The van der Waals surface area contributed by atoms with Crippen LogP contribution >= 0.6 is 0 Å². The summed E-state index contributed by atoms with van der Waals surface area (Å²) < 4.78 is 18.9. The standard InChI is InChI=1S/C18H19FN2O2/c1-12-8-13(2)14(3)17(9-12)23-11-18(22)21-20-10-15-6-4-5-7-16(15)19/h4-10H,11H2,1-3H3,(H,21,22)/b20-10+. The van der Waals surface area contributed by atoms with Crippen molar-refractivity contribution in [1.82, 2.24) is 5.43 Å². The van der Waals surface area contributed by atoms with Crippen molar-refractivity contribution in [1.29, 1.82) is 0 Å². The zero-order valence-corrected chi connectivity index (χ0v) is 13.4. The Hall–Kier alpha value is -2.69. The van der Waals surface area contributed by atoms with Gasteiger partial charge in [-0.15, -0.1) is 0 Å². The van der Waals surface area contributed by atoms with Crippen LogP contribution in [0.1, 0.15) is 22.3 Å². The third-order valence-corrected chi connectivity index (χ3v) is 3.42. The van der Waals surface area contributed by atoms with Gasteiger partial charge in [-0.05, 0) is 49.6 Å². The van der Waals surface area contributed by atoms with E-state index in [4.69, 9.17) is 4.74 Å². The topological polar surface area (TPSA) is 50.7 Å². The lowest BCUT2D eigenvalue weighted by Gasteiger charge is -2.11. The number of carbonyl (C=O) groups excluding carboxylic acids is 1. The molecule has 0 heterocycles. The van der Waals surface area contributed by atoms with Gasteiger partial charge in [-0.1, -0.05) is 24.3 Å². The second-order valence-corrected chi connectivity index (χ2v) is 5.31. The van der Waals surface area contributed by atoms with Gasteiger partial charge in [0.1, 0.15) is 11.6 Å². The number of hydrazone groups is 1. The first-order valence-corrected chi connectivity index (χ1v) is 7.24. The Morgan fingerprint density at radius 3 is 2.74 bits per heavy atom. The van der Waals surface area contributed by atoms with Gasteiger partial charge < -0.3 is 4.74 Å². The summed E-state index contributed by atoms with van der Waals surface area (Å²) in [7, 11) is 0. The van der Waals surface area contributed by atoms with Gasteiger partial charge in [0.2, 0.25) is 0 Å². The van der Waals surface area contributed by atoms with E-state index in [0.29, 0.717) is 11.3 Å². The van der Waals surface area contributed by atoms with Gasteiger partial charge in [0, 0.05) is 5.56 Å². The molecule has 0 aliphatic heterocycles. The van der Waals surface area contributed by atoms with Gasteiger partial charge in [0.25, 0.3) is 5.91 Å². The molecule has 0 atom stereocenters. The maximum atomic E-state index is 13.4. The summed E-state index contributed by atoms with van der Waals surface area (Å²) in [5.41, 5.74) is 5.80. The van der Waals surface area contributed by atoms with Crippen LogP contribution in [0, 0.1) is 26.6 Å². The molecule has 1 amide bonds. The van der Waals surface area contributed by atoms with Crippen LogP contribution in [-0.2, 0) is 4.79 Å². The van der Waals surface area contributed by atoms with Gasteiger partial charge in [-0.3, -0.25) is 4.79 Å². The molecule has 4 nitrogen and oxygen atoms in total. The van der Waals surface area contributed by atoms with Crippen LogP contribution in [0.25, 0.3) is 0 Å². The predicted octanol–water partition coefficient (Wildman–Crippen LogP) is 3.28. The van der Waals surface area contributed by atoms with Gasteiger partial charge in [-0.25, -0.2) is 9.82 Å². The second kappa shape index (κ2) is 7.54. The van der Waals surface area contributed by atoms with Crippen molar-refractivity contribution >= 4 is 12.1 Å². The van der Waals surface area contributed by atoms with E-state index in [1.54, 1.807) is 18.2 Å². The van der Waals surface area contributed by atoms with Crippen LogP contribution in [0.2, 0.25) is 0 Å². The highest BCUT2D eigenvalue weighted by molar-refractivity contribution is 5.83. The van der Waals surface area contributed by atoms with E-state index in [1.807, 2.05) is 26.8 Å². The Bertz CT molecular complexity index is 742. The van der Waals surface area contributed by atoms with Crippen molar-refractivity contribution in [2.24, 2.45) is 5.10 Å². The highest BCUT2D eigenvalue weighted by atomic mass is 19.1. The molecular weight excluding hydrogens is 295 g/mol. The molecule has 0 aliphatic carbocycles. The first kappa shape index (κ1) is 16.7. The number of hydrogen-bond acceptors (Lipinski definition) is 3. The summed E-state index contributed by atoms with van der Waals surface area (Å²) in [6, 6.07) is 10.1. The number of hydrogen-bond donors (Lipinski definition) is 1. The zero-order chi connectivity index (χ0) is 16.8. The fraction of sp³-hybridized carbons (Fsp3) is 0.222. The van der Waals surface area contributed by atoms with E-state index in [0.717, 1.165) is 16.7 Å². The monoisotopic (exact) mass is 314 g/mol. The molecule has 0 aliphatic rings. The average molecular weight is 314 g/mol. The lowest BCUT2D eigenvalue weighted by atomic mass is 10.1. The van der Waals surface area contributed by atoms with Crippen LogP contribution in [0.15, 0.2) is 41.5 Å². The van der Waals surface area contributed by atoms with Crippen molar-refractivity contribution in [3.05, 3.63) is 64.5 Å². The average Bonchev–Trinajstić information content (AvgIpc) is 2.51. The zero-order valence-electron chi connectivity index (χ0n) is 13.4. The van der Waals surface area contributed by atoms with Crippen molar-refractivity contribution < 1.29 is 13.9 Å². The minimum absolute atomic E-state index is 0.154. The van der Waals surface area contributed by atoms with E-state index in [-0.39, 0.29) is 6.61 Å². The van der Waals surface area contributed by atoms with E-state index >= 15 is 0 Å². The molecule has 1 N–H and O–H groups in total. The number of nitrogens with one attached hydrogen (secondary N) is 1. The molecule has 5 heteroatoms. The van der Waals surface area contributed by atoms with E-state index < -0.39 is 11.7 Å². The summed E-state index contributed by atoms with van der Waals surface area (Å²) in [5, 5.41) is 3.73. The molecule has 0 radical (unpaired) electrons. The van der Waals surface area contributed by atoms with E-state index in [2.05, 4.69) is 16.6 Å². The molecule has 0 aromatic heterocycles. The number of halogens is 1. The maximum absolute atomic E-state index is 13.4. The van der Waals surface area contributed by atoms with Crippen LogP contribution in [-0.4, -0.2) is 18.7 Å². The third-order valence-electron chi connectivity index (χ3n) is 3.42. The Balaban J connectivity index is 1.90. The molecule has 2 aromatic carbocycles. The lowest BCUT2D eigenvalue weighted by Crippen LogP contribution is -2.24. The summed E-state index contributed by atoms with van der Waals surface area (Å²) in [4.78, 5) is 11.7. The quantitative estimate of drug-likeness (QED) is 0.680. The summed E-state index contributed by atoms with van der Waals surface area (Å²) >= 11 is 0. The van der Waals surface area contributed by atoms with E-state index in [9.17, 15) is 9.18 Å². The Morgan fingerprint density at radius 2 is 2.00 bits per heavy atom. The Kier molecular flexibility index (Phi) is 5.46. The van der Waals surface area contributed by atoms with Crippen molar-refractivity contribution in [3.63, 3.8) is 0 Å². The maximum Gasteiger partial charge on any atom is 0.277 e. The molecule has 0 fully saturated rings. The van der Waals surface area contributed by atoms with E-state index in [1.165, 1.54) is 12.3 Å². The number of amides is 1. The molecule has 23 heavy (non-hydrogen) atoms. The first-order chi connectivity index (χ1) is 11.0. The SMILES string of the molecule is Cc1cc(C)c(C)c(OCC(=O)N/N=C/c2ccccc2F)c1. The van der Waals surface area contributed by atoms with Crippen LogP contribution < -0.4 is 10.2 Å². The van der Waals surface area contributed by atoms with Crippen LogP contribution in [0.3, 0.4) is 0 Å². The Labute approximate surface area is 135 Å². The number of aryl methyl sites for hydroxylation is 2. The first-order valence-electron chi connectivity index (χ1n) is 7.24. The number of rotatable bonds is 5. The minimum Gasteiger partial charge on any atom is -0.483 e. The van der Waals surface area contributed by atoms with Gasteiger partial charge in [0.15, 0.2) is 6.61 Å². The largest absolute Gasteiger partial charge is 0.483 e. The third kappa shape index (κ3) is 4.64. The number of carbonyl (C=O) groups is 1. The number of ether oxygens (including phenoxy) is 1. The molecule has 0 spiro atoms. The predicted molar refractivity (Wildman–Crippen MR) is 88.3 cm³/mol. The highest BCUT2D eigenvalue weighted by Gasteiger charge is 2.07. The lowest BCUT2D eigenvalue weighted by molar-refractivity contribution is -0.123. The molecule has 120 valence electrons. The molecule has 2 rings (SSSR count). The number of nitrogens with zero attached hydrogens (tertiary/aromatic N) is 1. The molecular formula is C18H19FN2O2. The summed E-state index contributed by atoms with van der Waals surface area (Å²) in [6.07, 6.45) is 1.26. The molecule has 2 aromatic rings. The second-order valence-electron chi connectivity index (χ2n) is 5.31. The summed E-state index contributed by atoms with van der Waals surface area (Å²) in [5.74, 6) is -0.125. The van der Waals surface area contributed by atoms with Crippen molar-refractivity contribution in [2.75, 3.05) is 6.61 Å². The van der Waals surface area contributed by atoms with Crippen LogP contribution in [0.5, 0.6) is 5.75 Å². The smallest absolute Gasteiger partial charge is 0.277 e. The summed E-state index contributed by atoms with van der Waals surface area (Å²) in [6.45, 7) is 5.75. The van der Waals surface area contributed by atoms with Crippen LogP contribution in [0.4, 0.5) is 4.39 Å². The van der Waals surface area contributed by atoms with Crippen molar-refractivity contribution in [2.45, 2.75) is 20.8 Å². The van der Waals surface area contributed by atoms with Gasteiger partial charge in [0.05, 0.1) is 6.21 Å². The fourth-order valence-corrected chi connectivity index (χ4v) is 2.08. The molecule has 0 unspecified atom stereocenters. The molecule has 0 bridgehead atoms. The van der Waals surface area contributed by atoms with Gasteiger partial charge >= 0.3 is 0 Å². The van der Waals surface area contributed by atoms with Crippen molar-refractivity contribution in [3.8, 4) is 5.75 Å².